The summed E-state index contributed by atoms with van der Waals surface area (Å²) < 4.78 is 0. The Balaban J connectivity index is 1.97. The van der Waals surface area contributed by atoms with Crippen LogP contribution in [0.4, 0.5) is 0 Å². The van der Waals surface area contributed by atoms with Crippen molar-refractivity contribution in [1.82, 2.24) is 10.3 Å². The molecule has 0 aliphatic heterocycles. The Labute approximate surface area is 96.3 Å². The number of nitrogens with zero attached hydrogens (tertiary/aromatic N) is 1. The highest BCUT2D eigenvalue weighted by molar-refractivity contribution is 5.94. The molecule has 16 heavy (non-hydrogen) atoms. The minimum atomic E-state index is 0.0393. The monoisotopic (exact) mass is 218 g/mol. The van der Waals surface area contributed by atoms with Gasteiger partial charge in [0.15, 0.2) is 0 Å². The van der Waals surface area contributed by atoms with Crippen LogP contribution < -0.4 is 5.32 Å². The molecular formula is C13H18N2O. The van der Waals surface area contributed by atoms with E-state index in [9.17, 15) is 4.79 Å². The molecule has 1 saturated carbocycles. The molecule has 1 N–H and O–H groups in total. The summed E-state index contributed by atoms with van der Waals surface area (Å²) in [6.07, 6.45) is 7.71. The Bertz CT molecular complexity index is 370. The van der Waals surface area contributed by atoms with E-state index in [4.69, 9.17) is 0 Å². The SMILES string of the molecule is Cc1cc(C(=O)NC2CCCCC2)ccn1. The second-order valence-corrected chi connectivity index (χ2v) is 4.49. The summed E-state index contributed by atoms with van der Waals surface area (Å²) >= 11 is 0. The van der Waals surface area contributed by atoms with Gasteiger partial charge in [-0.05, 0) is 31.9 Å². The molecule has 1 aromatic rings. The average molecular weight is 218 g/mol. The lowest BCUT2D eigenvalue weighted by atomic mass is 9.95. The molecule has 1 amide bonds. The predicted molar refractivity (Wildman–Crippen MR) is 63.3 cm³/mol. The first-order valence-corrected chi connectivity index (χ1v) is 5.99. The highest BCUT2D eigenvalue weighted by Gasteiger charge is 2.16. The molecule has 1 fully saturated rings. The van der Waals surface area contributed by atoms with Gasteiger partial charge in [-0.2, -0.15) is 0 Å². The van der Waals surface area contributed by atoms with Crippen molar-refractivity contribution in [3.05, 3.63) is 29.6 Å². The molecule has 1 heterocycles. The predicted octanol–water partition coefficient (Wildman–Crippen LogP) is 2.45. The molecule has 86 valence electrons. The van der Waals surface area contributed by atoms with E-state index >= 15 is 0 Å². The average Bonchev–Trinajstić information content (AvgIpc) is 2.30. The molecule has 0 bridgehead atoms. The summed E-state index contributed by atoms with van der Waals surface area (Å²) in [6, 6.07) is 3.97. The molecule has 3 heteroatoms. The third kappa shape index (κ3) is 2.81. The van der Waals surface area contributed by atoms with Gasteiger partial charge in [0, 0.05) is 23.5 Å². The molecule has 0 aromatic carbocycles. The third-order valence-electron chi connectivity index (χ3n) is 3.10. The number of amides is 1. The standard InChI is InChI=1S/C13H18N2O/c1-10-9-11(7-8-14-10)13(16)15-12-5-3-2-4-6-12/h7-9,12H,2-6H2,1H3,(H,15,16). The van der Waals surface area contributed by atoms with Gasteiger partial charge in [0.1, 0.15) is 0 Å². The van der Waals surface area contributed by atoms with Crippen molar-refractivity contribution < 1.29 is 4.79 Å². The first kappa shape index (κ1) is 11.1. The van der Waals surface area contributed by atoms with Crippen molar-refractivity contribution >= 4 is 5.91 Å². The van der Waals surface area contributed by atoms with E-state index in [1.807, 2.05) is 13.0 Å². The molecular weight excluding hydrogens is 200 g/mol. The van der Waals surface area contributed by atoms with Crippen LogP contribution in [0.3, 0.4) is 0 Å². The molecule has 0 saturated heterocycles. The molecule has 3 nitrogen and oxygen atoms in total. The van der Waals surface area contributed by atoms with Gasteiger partial charge >= 0.3 is 0 Å². The number of hydrogen-bond acceptors (Lipinski definition) is 2. The van der Waals surface area contributed by atoms with Crippen molar-refractivity contribution in [1.29, 1.82) is 0 Å². The molecule has 2 rings (SSSR count). The fraction of sp³-hybridized carbons (Fsp3) is 0.538. The summed E-state index contributed by atoms with van der Waals surface area (Å²) in [5.74, 6) is 0.0393. The van der Waals surface area contributed by atoms with Crippen molar-refractivity contribution in [3.8, 4) is 0 Å². The van der Waals surface area contributed by atoms with Crippen molar-refractivity contribution in [3.63, 3.8) is 0 Å². The third-order valence-corrected chi connectivity index (χ3v) is 3.10. The van der Waals surface area contributed by atoms with Gasteiger partial charge in [-0.1, -0.05) is 19.3 Å². The number of rotatable bonds is 2. The largest absolute Gasteiger partial charge is 0.349 e. The topological polar surface area (TPSA) is 42.0 Å². The summed E-state index contributed by atoms with van der Waals surface area (Å²) in [5.41, 5.74) is 1.61. The quantitative estimate of drug-likeness (QED) is 0.828. The fourth-order valence-electron chi connectivity index (χ4n) is 2.20. The van der Waals surface area contributed by atoms with E-state index in [1.54, 1.807) is 12.3 Å². The first-order chi connectivity index (χ1) is 7.75. The van der Waals surface area contributed by atoms with E-state index in [0.717, 1.165) is 24.1 Å². The van der Waals surface area contributed by atoms with Crippen molar-refractivity contribution in [2.75, 3.05) is 0 Å². The summed E-state index contributed by atoms with van der Waals surface area (Å²) in [4.78, 5) is 16.0. The Hall–Kier alpha value is -1.38. The van der Waals surface area contributed by atoms with Crippen LogP contribution in [0, 0.1) is 6.92 Å². The molecule has 1 aromatic heterocycles. The van der Waals surface area contributed by atoms with E-state index < -0.39 is 0 Å². The van der Waals surface area contributed by atoms with Crippen LogP contribution in [0.1, 0.15) is 48.2 Å². The van der Waals surface area contributed by atoms with E-state index in [-0.39, 0.29) is 5.91 Å². The van der Waals surface area contributed by atoms with E-state index in [1.165, 1.54) is 19.3 Å². The minimum Gasteiger partial charge on any atom is -0.349 e. The van der Waals surface area contributed by atoms with Gasteiger partial charge in [0.05, 0.1) is 0 Å². The lowest BCUT2D eigenvalue weighted by Crippen LogP contribution is -2.36. The maximum Gasteiger partial charge on any atom is 0.251 e. The van der Waals surface area contributed by atoms with Gasteiger partial charge < -0.3 is 5.32 Å². The summed E-state index contributed by atoms with van der Waals surface area (Å²) in [5, 5.41) is 3.10. The Morgan fingerprint density at radius 1 is 1.38 bits per heavy atom. The van der Waals surface area contributed by atoms with Gasteiger partial charge in [-0.25, -0.2) is 0 Å². The second-order valence-electron chi connectivity index (χ2n) is 4.49. The smallest absolute Gasteiger partial charge is 0.251 e. The number of aryl methyl sites for hydroxylation is 1. The van der Waals surface area contributed by atoms with Crippen LogP contribution in [0.25, 0.3) is 0 Å². The number of nitrogens with one attached hydrogen (secondary N) is 1. The maximum absolute atomic E-state index is 11.9. The molecule has 0 radical (unpaired) electrons. The summed E-state index contributed by atoms with van der Waals surface area (Å²) in [6.45, 7) is 1.90. The van der Waals surface area contributed by atoms with Crippen LogP contribution in [0.5, 0.6) is 0 Å². The lowest BCUT2D eigenvalue weighted by molar-refractivity contribution is 0.0927. The fourth-order valence-corrected chi connectivity index (χ4v) is 2.20. The van der Waals surface area contributed by atoms with E-state index in [0.29, 0.717) is 6.04 Å². The Morgan fingerprint density at radius 2 is 2.12 bits per heavy atom. The van der Waals surface area contributed by atoms with Crippen LogP contribution >= 0.6 is 0 Å². The van der Waals surface area contributed by atoms with Gasteiger partial charge in [0.25, 0.3) is 5.91 Å². The normalized spacial score (nSPS) is 17.1. The minimum absolute atomic E-state index is 0.0393. The molecule has 0 unspecified atom stereocenters. The molecule has 1 aliphatic rings. The molecule has 0 spiro atoms. The Morgan fingerprint density at radius 3 is 2.81 bits per heavy atom. The zero-order valence-corrected chi connectivity index (χ0v) is 9.70. The zero-order chi connectivity index (χ0) is 11.4. The number of hydrogen-bond donors (Lipinski definition) is 1. The highest BCUT2D eigenvalue weighted by atomic mass is 16.1. The zero-order valence-electron chi connectivity index (χ0n) is 9.70. The number of carbonyl (C=O) groups is 1. The van der Waals surface area contributed by atoms with Crippen LogP contribution in [-0.4, -0.2) is 16.9 Å². The molecule has 0 atom stereocenters. The number of pyridine rings is 1. The highest BCUT2D eigenvalue weighted by Crippen LogP contribution is 2.17. The Kier molecular flexibility index (Phi) is 3.54. The second kappa shape index (κ2) is 5.10. The molecule has 1 aliphatic carbocycles. The van der Waals surface area contributed by atoms with Gasteiger partial charge in [0.2, 0.25) is 0 Å². The van der Waals surface area contributed by atoms with E-state index in [2.05, 4.69) is 10.3 Å². The number of carbonyl (C=O) groups excluding carboxylic acids is 1. The van der Waals surface area contributed by atoms with Crippen LogP contribution in [0.15, 0.2) is 18.3 Å². The summed E-state index contributed by atoms with van der Waals surface area (Å²) in [7, 11) is 0. The first-order valence-electron chi connectivity index (χ1n) is 5.99. The van der Waals surface area contributed by atoms with Crippen molar-refractivity contribution in [2.45, 2.75) is 45.1 Å². The van der Waals surface area contributed by atoms with Gasteiger partial charge in [-0.3, -0.25) is 9.78 Å². The van der Waals surface area contributed by atoms with Crippen LogP contribution in [0.2, 0.25) is 0 Å². The van der Waals surface area contributed by atoms with Gasteiger partial charge in [-0.15, -0.1) is 0 Å². The van der Waals surface area contributed by atoms with Crippen LogP contribution in [-0.2, 0) is 0 Å². The lowest BCUT2D eigenvalue weighted by Gasteiger charge is -2.22. The number of aromatic nitrogens is 1. The van der Waals surface area contributed by atoms with Crippen molar-refractivity contribution in [2.24, 2.45) is 0 Å². The maximum atomic E-state index is 11.9.